The molecule has 0 aliphatic rings. The Balaban J connectivity index is 4.25. The first kappa shape index (κ1) is 53.4. The minimum Gasteiger partial charge on any atom is -0.462 e. The maximum absolute atomic E-state index is 12.7. The lowest BCUT2D eigenvalue weighted by Gasteiger charge is -2.18. The Morgan fingerprint density at radius 2 is 0.600 bits per heavy atom. The van der Waals surface area contributed by atoms with E-state index in [1.54, 1.807) is 0 Å². The smallest absolute Gasteiger partial charge is 0.306 e. The number of carbonyl (C=O) groups excluding carboxylic acids is 3. The first-order chi connectivity index (χ1) is 26.7. The van der Waals surface area contributed by atoms with E-state index in [-0.39, 0.29) is 31.1 Å². The topological polar surface area (TPSA) is 78.9 Å². The Hall–Kier alpha value is -1.59. The fraction of sp³-hybridized carbons (Fsp3) is 0.939. The number of hydrogen-bond acceptors (Lipinski definition) is 6. The quantitative estimate of drug-likeness (QED) is 0.0348. The summed E-state index contributed by atoms with van der Waals surface area (Å²) >= 11 is 0. The fourth-order valence-corrected chi connectivity index (χ4v) is 7.28. The van der Waals surface area contributed by atoms with Crippen molar-refractivity contribution in [2.75, 3.05) is 13.2 Å². The van der Waals surface area contributed by atoms with Crippen LogP contribution >= 0.6 is 0 Å². The average Bonchev–Trinajstić information content (AvgIpc) is 3.15. The fourth-order valence-electron chi connectivity index (χ4n) is 7.28. The molecule has 6 nitrogen and oxygen atoms in total. The van der Waals surface area contributed by atoms with Gasteiger partial charge in [-0.25, -0.2) is 0 Å². The number of unbranched alkanes of at least 4 members (excludes halogenated alkanes) is 28. The van der Waals surface area contributed by atoms with Crippen LogP contribution in [-0.4, -0.2) is 37.2 Å². The molecule has 1 atom stereocenters. The van der Waals surface area contributed by atoms with Crippen LogP contribution < -0.4 is 0 Å². The van der Waals surface area contributed by atoms with Crippen molar-refractivity contribution in [3.05, 3.63) is 0 Å². The molecule has 0 aliphatic heterocycles. The lowest BCUT2D eigenvalue weighted by molar-refractivity contribution is -0.167. The van der Waals surface area contributed by atoms with Gasteiger partial charge in [-0.15, -0.1) is 0 Å². The van der Waals surface area contributed by atoms with E-state index < -0.39 is 6.10 Å². The van der Waals surface area contributed by atoms with Gasteiger partial charge in [0.25, 0.3) is 0 Å². The summed E-state index contributed by atoms with van der Waals surface area (Å²) in [6.45, 7) is 11.2. The van der Waals surface area contributed by atoms with Gasteiger partial charge in [0.15, 0.2) is 6.10 Å². The molecule has 0 heterocycles. The van der Waals surface area contributed by atoms with Crippen molar-refractivity contribution in [3.8, 4) is 0 Å². The van der Waals surface area contributed by atoms with Crippen LogP contribution in [0.1, 0.15) is 266 Å². The van der Waals surface area contributed by atoms with Crippen molar-refractivity contribution in [1.29, 1.82) is 0 Å². The van der Waals surface area contributed by atoms with Gasteiger partial charge in [-0.05, 0) is 31.1 Å². The number of carbonyl (C=O) groups is 3. The van der Waals surface area contributed by atoms with Gasteiger partial charge in [-0.2, -0.15) is 0 Å². The summed E-state index contributed by atoms with van der Waals surface area (Å²) in [5.41, 5.74) is 0. The van der Waals surface area contributed by atoms with Crippen molar-refractivity contribution >= 4 is 17.9 Å². The molecule has 55 heavy (non-hydrogen) atoms. The largest absolute Gasteiger partial charge is 0.462 e. The van der Waals surface area contributed by atoms with Crippen molar-refractivity contribution < 1.29 is 28.6 Å². The number of rotatable bonds is 43. The Morgan fingerprint density at radius 1 is 0.345 bits per heavy atom. The first-order valence-corrected chi connectivity index (χ1v) is 24.2. The van der Waals surface area contributed by atoms with Gasteiger partial charge in [-0.1, -0.05) is 227 Å². The van der Waals surface area contributed by atoms with Crippen LogP contribution in [0.5, 0.6) is 0 Å². The zero-order valence-electron chi connectivity index (χ0n) is 37.6. The third kappa shape index (κ3) is 43.4. The third-order valence-electron chi connectivity index (χ3n) is 11.0. The third-order valence-corrected chi connectivity index (χ3v) is 11.0. The van der Waals surface area contributed by atoms with Gasteiger partial charge in [-0.3, -0.25) is 14.4 Å². The molecule has 0 N–H and O–H groups in total. The normalized spacial score (nSPS) is 12.1. The van der Waals surface area contributed by atoms with Crippen LogP contribution in [0.2, 0.25) is 0 Å². The minimum atomic E-state index is -0.761. The summed E-state index contributed by atoms with van der Waals surface area (Å²) in [6.07, 6.45) is 41.2. The van der Waals surface area contributed by atoms with Crippen LogP contribution in [0.25, 0.3) is 0 Å². The summed E-state index contributed by atoms with van der Waals surface area (Å²) in [5, 5.41) is 0. The van der Waals surface area contributed by atoms with E-state index >= 15 is 0 Å². The molecule has 0 aromatic rings. The van der Waals surface area contributed by atoms with E-state index in [2.05, 4.69) is 34.6 Å². The van der Waals surface area contributed by atoms with Crippen LogP contribution in [0.4, 0.5) is 0 Å². The molecule has 0 saturated heterocycles. The van der Waals surface area contributed by atoms with E-state index in [9.17, 15) is 14.4 Å². The SMILES string of the molecule is CCCCCCCCCCCCCCCCCCCCC(=O)O[C@@H](COC(=O)CCCCCCCCCC(C)C)COC(=O)CCCCCCCCC(C)C. The number of esters is 3. The lowest BCUT2D eigenvalue weighted by atomic mass is 10.0. The Kier molecular flexibility index (Phi) is 40.8. The zero-order chi connectivity index (χ0) is 40.5. The molecule has 0 bridgehead atoms. The van der Waals surface area contributed by atoms with Gasteiger partial charge >= 0.3 is 17.9 Å². The second kappa shape index (κ2) is 42.0. The molecular formula is C49H94O6. The molecule has 0 spiro atoms. The molecular weight excluding hydrogens is 685 g/mol. The molecule has 0 fully saturated rings. The molecule has 0 rings (SSSR count). The van der Waals surface area contributed by atoms with E-state index in [0.717, 1.165) is 69.6 Å². The van der Waals surface area contributed by atoms with Crippen LogP contribution in [0.3, 0.4) is 0 Å². The van der Waals surface area contributed by atoms with Gasteiger partial charge in [0.1, 0.15) is 13.2 Å². The molecule has 0 unspecified atom stereocenters. The van der Waals surface area contributed by atoms with Crippen molar-refractivity contribution in [1.82, 2.24) is 0 Å². The standard InChI is InChI=1S/C49H94O6/c1-6-7-8-9-10-11-12-13-14-15-16-17-18-19-20-23-31-36-41-49(52)55-46(43-54-48(51)40-35-30-26-25-28-33-38-45(4)5)42-53-47(50)39-34-29-24-21-22-27-32-37-44(2)3/h44-46H,6-43H2,1-5H3/t46-/m0/s1. The highest BCUT2D eigenvalue weighted by atomic mass is 16.6. The summed E-state index contributed by atoms with van der Waals surface area (Å²) in [6, 6.07) is 0. The number of ether oxygens (including phenoxy) is 3. The minimum absolute atomic E-state index is 0.0663. The van der Waals surface area contributed by atoms with Crippen molar-refractivity contribution in [2.45, 2.75) is 272 Å². The van der Waals surface area contributed by atoms with Crippen LogP contribution in [-0.2, 0) is 28.6 Å². The Labute approximate surface area is 342 Å². The maximum Gasteiger partial charge on any atom is 0.306 e. The van der Waals surface area contributed by atoms with Gasteiger partial charge in [0.2, 0.25) is 0 Å². The molecule has 0 aliphatic carbocycles. The van der Waals surface area contributed by atoms with Crippen LogP contribution in [0, 0.1) is 11.8 Å². The summed E-state index contributed by atoms with van der Waals surface area (Å²) in [4.78, 5) is 37.7. The van der Waals surface area contributed by atoms with Gasteiger partial charge in [0.05, 0.1) is 0 Å². The van der Waals surface area contributed by atoms with Crippen molar-refractivity contribution in [2.24, 2.45) is 11.8 Å². The maximum atomic E-state index is 12.7. The highest BCUT2D eigenvalue weighted by Gasteiger charge is 2.19. The highest BCUT2D eigenvalue weighted by molar-refractivity contribution is 5.71. The van der Waals surface area contributed by atoms with Crippen molar-refractivity contribution in [3.63, 3.8) is 0 Å². The Bertz CT molecular complexity index is 839. The zero-order valence-corrected chi connectivity index (χ0v) is 37.6. The average molecular weight is 779 g/mol. The monoisotopic (exact) mass is 779 g/mol. The highest BCUT2D eigenvalue weighted by Crippen LogP contribution is 2.17. The molecule has 0 saturated carbocycles. The first-order valence-electron chi connectivity index (χ1n) is 24.2. The van der Waals surface area contributed by atoms with Gasteiger partial charge < -0.3 is 14.2 Å². The summed E-state index contributed by atoms with van der Waals surface area (Å²) < 4.78 is 16.7. The molecule has 0 aromatic heterocycles. The predicted molar refractivity (Wildman–Crippen MR) is 233 cm³/mol. The molecule has 0 radical (unpaired) electrons. The second-order valence-electron chi connectivity index (χ2n) is 17.7. The second-order valence-corrected chi connectivity index (χ2v) is 17.7. The Morgan fingerprint density at radius 3 is 0.891 bits per heavy atom. The molecule has 326 valence electrons. The summed E-state index contributed by atoms with van der Waals surface area (Å²) in [7, 11) is 0. The van der Waals surface area contributed by atoms with E-state index in [1.165, 1.54) is 154 Å². The molecule has 0 amide bonds. The van der Waals surface area contributed by atoms with Gasteiger partial charge in [0, 0.05) is 19.3 Å². The van der Waals surface area contributed by atoms with E-state index in [1.807, 2.05) is 0 Å². The van der Waals surface area contributed by atoms with E-state index in [4.69, 9.17) is 14.2 Å². The molecule has 6 heteroatoms. The predicted octanol–water partition coefficient (Wildman–Crippen LogP) is 15.4. The van der Waals surface area contributed by atoms with Crippen LogP contribution in [0.15, 0.2) is 0 Å². The number of hydrogen-bond donors (Lipinski definition) is 0. The molecule has 0 aromatic carbocycles. The summed E-state index contributed by atoms with van der Waals surface area (Å²) in [5.74, 6) is 0.683. The van der Waals surface area contributed by atoms with E-state index in [0.29, 0.717) is 19.3 Å². The lowest BCUT2D eigenvalue weighted by Crippen LogP contribution is -2.30.